The van der Waals surface area contributed by atoms with Crippen molar-refractivity contribution in [2.24, 2.45) is 0 Å². The maximum atomic E-state index is 12.7. The number of esters is 1. The number of hydrogen-bond donors (Lipinski definition) is 0. The number of nitrogens with zero attached hydrogens (tertiary/aromatic N) is 2. The molecule has 0 saturated heterocycles. The molecule has 3 rings (SSSR count). The molecule has 0 aliphatic rings. The highest BCUT2D eigenvalue weighted by Gasteiger charge is 2.20. The summed E-state index contributed by atoms with van der Waals surface area (Å²) < 4.78 is 10.0. The van der Waals surface area contributed by atoms with Gasteiger partial charge in [0, 0.05) is 11.9 Å². The van der Waals surface area contributed by atoms with E-state index in [-0.39, 0.29) is 18.9 Å². The summed E-state index contributed by atoms with van der Waals surface area (Å²) >= 11 is 1.42. The Hall–Kier alpha value is -2.93. The number of carbonyl (C=O) groups excluding carboxylic acids is 2. The Kier molecular flexibility index (Phi) is 5.80. The van der Waals surface area contributed by atoms with Gasteiger partial charge in [0.25, 0.3) is 0 Å². The van der Waals surface area contributed by atoms with Crippen molar-refractivity contribution in [3.8, 4) is 10.8 Å². The van der Waals surface area contributed by atoms with Crippen molar-refractivity contribution in [3.63, 3.8) is 0 Å². The van der Waals surface area contributed by atoms with Crippen LogP contribution in [0.25, 0.3) is 10.8 Å². The third kappa shape index (κ3) is 4.58. The van der Waals surface area contributed by atoms with E-state index in [1.54, 1.807) is 12.3 Å². The molecule has 0 bridgehead atoms. The second-order valence-electron chi connectivity index (χ2n) is 5.61. The van der Waals surface area contributed by atoms with Gasteiger partial charge in [0.05, 0.1) is 25.5 Å². The fraction of sp³-hybridized carbons (Fsp3) is 0.211. The van der Waals surface area contributed by atoms with Gasteiger partial charge in [-0.3, -0.25) is 9.59 Å². The van der Waals surface area contributed by atoms with Crippen LogP contribution in [0.15, 0.2) is 58.5 Å². The molecule has 3 aromatic rings. The van der Waals surface area contributed by atoms with Gasteiger partial charge in [-0.25, -0.2) is 4.98 Å². The Labute approximate surface area is 155 Å². The van der Waals surface area contributed by atoms with Crippen LogP contribution in [-0.2, 0) is 27.3 Å². The van der Waals surface area contributed by atoms with E-state index < -0.39 is 5.97 Å². The van der Waals surface area contributed by atoms with Crippen LogP contribution in [0.1, 0.15) is 11.3 Å². The minimum atomic E-state index is -0.455. The third-order valence-corrected chi connectivity index (χ3v) is 4.64. The van der Waals surface area contributed by atoms with E-state index in [1.165, 1.54) is 23.3 Å². The molecule has 7 heteroatoms. The van der Waals surface area contributed by atoms with Gasteiger partial charge in [-0.05, 0) is 17.7 Å². The minimum absolute atomic E-state index is 0.0978. The lowest BCUT2D eigenvalue weighted by atomic mass is 10.2. The number of hydrogen-bond acceptors (Lipinski definition) is 6. The molecule has 0 saturated carbocycles. The van der Waals surface area contributed by atoms with Crippen LogP contribution in [0.5, 0.6) is 0 Å². The highest BCUT2D eigenvalue weighted by atomic mass is 32.1. The Morgan fingerprint density at radius 1 is 1.19 bits per heavy atom. The average Bonchev–Trinajstić information content (AvgIpc) is 3.33. The van der Waals surface area contributed by atoms with Gasteiger partial charge in [0.15, 0.2) is 10.8 Å². The molecule has 134 valence electrons. The molecule has 1 aromatic carbocycles. The van der Waals surface area contributed by atoms with E-state index in [9.17, 15) is 9.59 Å². The summed E-state index contributed by atoms with van der Waals surface area (Å²) in [5.41, 5.74) is 1.59. The lowest BCUT2D eigenvalue weighted by molar-refractivity contribution is -0.147. The smallest absolute Gasteiger partial charge is 0.325 e. The number of rotatable bonds is 7. The Morgan fingerprint density at radius 2 is 2.00 bits per heavy atom. The standard InChI is InChI=1S/C19H18N2O4S/c1-24-18(23)12-21(11-14-6-3-2-4-7-14)17(22)10-15-13-26-19(20-15)16-8-5-9-25-16/h2-9,13H,10-12H2,1H3. The summed E-state index contributed by atoms with van der Waals surface area (Å²) in [5, 5.41) is 2.55. The number of amides is 1. The summed E-state index contributed by atoms with van der Waals surface area (Å²) in [7, 11) is 1.31. The number of benzene rings is 1. The first-order valence-corrected chi connectivity index (χ1v) is 8.90. The maximum absolute atomic E-state index is 12.7. The molecule has 0 fully saturated rings. The van der Waals surface area contributed by atoms with E-state index in [0.717, 1.165) is 10.6 Å². The topological polar surface area (TPSA) is 72.6 Å². The predicted molar refractivity (Wildman–Crippen MR) is 97.4 cm³/mol. The van der Waals surface area contributed by atoms with E-state index >= 15 is 0 Å². The normalized spacial score (nSPS) is 10.5. The number of thiazole rings is 1. The van der Waals surface area contributed by atoms with Crippen molar-refractivity contribution >= 4 is 23.2 Å². The van der Waals surface area contributed by atoms with Gasteiger partial charge in [0.1, 0.15) is 6.54 Å². The zero-order chi connectivity index (χ0) is 18.4. The molecule has 2 aromatic heterocycles. The molecule has 0 radical (unpaired) electrons. The van der Waals surface area contributed by atoms with E-state index in [4.69, 9.17) is 9.15 Å². The number of ether oxygens (including phenoxy) is 1. The molecule has 6 nitrogen and oxygen atoms in total. The van der Waals surface area contributed by atoms with Crippen molar-refractivity contribution in [2.45, 2.75) is 13.0 Å². The summed E-state index contributed by atoms with van der Waals surface area (Å²) in [4.78, 5) is 30.3. The highest BCUT2D eigenvalue weighted by molar-refractivity contribution is 7.13. The fourth-order valence-electron chi connectivity index (χ4n) is 2.42. The van der Waals surface area contributed by atoms with Gasteiger partial charge < -0.3 is 14.1 Å². The lowest BCUT2D eigenvalue weighted by Crippen LogP contribution is -2.36. The van der Waals surface area contributed by atoms with Crippen molar-refractivity contribution in [3.05, 3.63) is 65.4 Å². The van der Waals surface area contributed by atoms with E-state index in [2.05, 4.69) is 4.98 Å². The molecule has 26 heavy (non-hydrogen) atoms. The quantitative estimate of drug-likeness (QED) is 0.598. The number of aromatic nitrogens is 1. The van der Waals surface area contributed by atoms with Crippen molar-refractivity contribution in [1.29, 1.82) is 0 Å². The van der Waals surface area contributed by atoms with Crippen LogP contribution < -0.4 is 0 Å². The SMILES string of the molecule is COC(=O)CN(Cc1ccccc1)C(=O)Cc1csc(-c2ccco2)n1. The molecular weight excluding hydrogens is 352 g/mol. The zero-order valence-electron chi connectivity index (χ0n) is 14.3. The average molecular weight is 370 g/mol. The van der Waals surface area contributed by atoms with E-state index in [0.29, 0.717) is 18.0 Å². The number of carbonyl (C=O) groups is 2. The van der Waals surface area contributed by atoms with Crippen LogP contribution >= 0.6 is 11.3 Å². The highest BCUT2D eigenvalue weighted by Crippen LogP contribution is 2.24. The summed E-state index contributed by atoms with van der Waals surface area (Å²) in [6.07, 6.45) is 1.69. The molecule has 1 amide bonds. The van der Waals surface area contributed by atoms with Crippen molar-refractivity contribution in [1.82, 2.24) is 9.88 Å². The largest absolute Gasteiger partial charge is 0.468 e. The second kappa shape index (κ2) is 8.44. The van der Waals surface area contributed by atoms with Gasteiger partial charge in [-0.1, -0.05) is 30.3 Å². The molecule has 0 spiro atoms. The first-order chi connectivity index (χ1) is 12.7. The van der Waals surface area contributed by atoms with Crippen LogP contribution in [0.2, 0.25) is 0 Å². The molecule has 0 aliphatic carbocycles. The first-order valence-electron chi connectivity index (χ1n) is 8.02. The number of furan rings is 1. The van der Waals surface area contributed by atoms with Gasteiger partial charge in [-0.2, -0.15) is 0 Å². The van der Waals surface area contributed by atoms with Crippen molar-refractivity contribution in [2.75, 3.05) is 13.7 Å². The van der Waals surface area contributed by atoms with Gasteiger partial charge in [-0.15, -0.1) is 11.3 Å². The zero-order valence-corrected chi connectivity index (χ0v) is 15.1. The fourth-order valence-corrected chi connectivity index (χ4v) is 3.21. The monoisotopic (exact) mass is 370 g/mol. The van der Waals surface area contributed by atoms with Crippen LogP contribution in [-0.4, -0.2) is 35.4 Å². The third-order valence-electron chi connectivity index (χ3n) is 3.73. The van der Waals surface area contributed by atoms with Gasteiger partial charge in [0.2, 0.25) is 5.91 Å². The Morgan fingerprint density at radius 3 is 2.69 bits per heavy atom. The molecule has 0 unspecified atom stereocenters. The summed E-state index contributed by atoms with van der Waals surface area (Å²) in [6.45, 7) is 0.239. The maximum Gasteiger partial charge on any atom is 0.325 e. The van der Waals surface area contributed by atoms with Gasteiger partial charge >= 0.3 is 5.97 Å². The molecule has 0 atom stereocenters. The molecule has 2 heterocycles. The summed E-state index contributed by atoms with van der Waals surface area (Å²) in [6, 6.07) is 13.1. The van der Waals surface area contributed by atoms with Crippen molar-refractivity contribution < 1.29 is 18.7 Å². The lowest BCUT2D eigenvalue weighted by Gasteiger charge is -2.21. The molecular formula is C19H18N2O4S. The van der Waals surface area contributed by atoms with Crippen LogP contribution in [0, 0.1) is 0 Å². The van der Waals surface area contributed by atoms with Crippen LogP contribution in [0.4, 0.5) is 0 Å². The van der Waals surface area contributed by atoms with Crippen LogP contribution in [0.3, 0.4) is 0 Å². The minimum Gasteiger partial charge on any atom is -0.468 e. The predicted octanol–water partition coefficient (Wildman–Crippen LogP) is 3.15. The van der Waals surface area contributed by atoms with E-state index in [1.807, 2.05) is 41.8 Å². The molecule has 0 aliphatic heterocycles. The second-order valence-corrected chi connectivity index (χ2v) is 6.47. The first kappa shape index (κ1) is 17.9. The number of methoxy groups -OCH3 is 1. The molecule has 0 N–H and O–H groups in total. The Bertz CT molecular complexity index is 859. The Balaban J connectivity index is 1.71. The summed E-state index contributed by atoms with van der Waals surface area (Å²) in [5.74, 6) is 0.0313.